The third-order valence-corrected chi connectivity index (χ3v) is 2.05. The van der Waals surface area contributed by atoms with Crippen LogP contribution < -0.4 is 5.32 Å². The molecule has 1 amide bonds. The standard InChI is InChI=1S/C11H9N2O3.Fm/c12-6-9-3-1-8(2-4-9)5-10(11(15)16)13-7-14;/h1-4,10H,5H2,(H,13,14)(H,15,16);/q-1;/t10-;/m0./s1. The Kier molecular flexibility index (Phi) is 4.97. The number of carbonyl (C=O) groups is 1. The fourth-order valence-corrected chi connectivity index (χ4v) is 1.22. The van der Waals surface area contributed by atoms with Gasteiger partial charge in [-0.3, -0.25) is 4.79 Å². The minimum atomic E-state index is -1.12. The number of nitrogens with one attached hydrogen (secondary N) is 1. The van der Waals surface area contributed by atoms with Gasteiger partial charge in [-0.1, -0.05) is 12.1 Å². The van der Waals surface area contributed by atoms with E-state index in [1.165, 1.54) is 6.41 Å². The summed E-state index contributed by atoms with van der Waals surface area (Å²) < 4.78 is 0. The topological polar surface area (TPSA) is 90.2 Å². The molecule has 0 aromatic heterocycles. The summed E-state index contributed by atoms with van der Waals surface area (Å²) in [5, 5.41) is 19.4. The van der Waals surface area contributed by atoms with Crippen LogP contribution in [0.5, 0.6) is 0 Å². The van der Waals surface area contributed by atoms with E-state index in [9.17, 15) is 9.59 Å². The molecule has 0 aliphatic carbocycles. The molecule has 17 heavy (non-hydrogen) atoms. The Morgan fingerprint density at radius 1 is 1.47 bits per heavy atom. The molecule has 0 aliphatic heterocycles. The number of hydrogen-bond donors (Lipinski definition) is 2. The zero-order chi connectivity index (χ0) is 12.0. The van der Waals surface area contributed by atoms with Crippen LogP contribution in [0.15, 0.2) is 24.3 Å². The number of carboxylic acids is 1. The zero-order valence-electron chi connectivity index (χ0n) is 8.59. The minimum Gasteiger partial charge on any atom is -0.520 e. The Morgan fingerprint density at radius 3 is 2.47 bits per heavy atom. The average molecular weight is 474 g/mol. The van der Waals surface area contributed by atoms with E-state index in [1.54, 1.807) is 24.3 Å². The molecule has 0 saturated carbocycles. The Morgan fingerprint density at radius 2 is 2.06 bits per heavy atom. The number of aliphatic carboxylic acids is 1. The number of benzene rings is 1. The number of nitriles is 1. The van der Waals surface area contributed by atoms with E-state index in [-0.39, 0.29) is 6.42 Å². The maximum Gasteiger partial charge on any atom is 0.323 e. The van der Waals surface area contributed by atoms with E-state index in [4.69, 9.17) is 10.4 Å². The first kappa shape index (κ1) is 13.7. The largest absolute Gasteiger partial charge is 0.520 e. The number of carbonyl (C=O) groups excluding carboxylic acids is 1. The van der Waals surface area contributed by atoms with Crippen molar-refractivity contribution in [2.75, 3.05) is 0 Å². The van der Waals surface area contributed by atoms with Gasteiger partial charge in [-0.2, -0.15) is 11.7 Å². The maximum absolute atomic E-state index is 10.7. The summed E-state index contributed by atoms with van der Waals surface area (Å²) in [6.45, 7) is 0. The molecule has 1 aromatic carbocycles. The molecule has 0 saturated heterocycles. The third kappa shape index (κ3) is 3.72. The van der Waals surface area contributed by atoms with Crippen molar-refractivity contribution in [2.45, 2.75) is 12.5 Å². The Labute approximate surface area is 92.3 Å². The van der Waals surface area contributed by atoms with Crippen molar-refractivity contribution >= 4 is 12.4 Å². The molecule has 1 aromatic rings. The van der Waals surface area contributed by atoms with Gasteiger partial charge in [0.25, 0.3) is 0 Å². The van der Waals surface area contributed by atoms with Gasteiger partial charge >= 0.3 is 5.97 Å². The monoisotopic (exact) mass is 474 g/mol. The number of rotatable bonds is 5. The fourth-order valence-electron chi connectivity index (χ4n) is 1.22. The van der Waals surface area contributed by atoms with Crippen molar-refractivity contribution in [3.8, 4) is 6.07 Å². The van der Waals surface area contributed by atoms with Crippen molar-refractivity contribution in [3.63, 3.8) is 0 Å². The number of nitrogens with zero attached hydrogens (tertiary/aromatic N) is 1. The molecule has 6 heteroatoms. The number of hydrogen-bond acceptors (Lipinski definition) is 3. The van der Waals surface area contributed by atoms with Gasteiger partial charge in [0, 0.05) is 6.42 Å². The molecular formula is C11H9FmN2O3-. The molecule has 0 spiro atoms. The zero-order valence-corrected chi connectivity index (χ0v) is 11.0. The maximum atomic E-state index is 10.7. The van der Waals surface area contributed by atoms with Gasteiger partial charge < -0.3 is 15.2 Å². The van der Waals surface area contributed by atoms with E-state index in [2.05, 4.69) is 5.32 Å². The van der Waals surface area contributed by atoms with Crippen LogP contribution >= 0.6 is 0 Å². The van der Waals surface area contributed by atoms with Crippen molar-refractivity contribution in [3.05, 3.63) is 35.4 Å². The summed E-state index contributed by atoms with van der Waals surface area (Å²) >= 11 is 0. The smallest absolute Gasteiger partial charge is 0.323 e. The second-order valence-corrected chi connectivity index (χ2v) is 3.15. The molecule has 0 aliphatic rings. The second kappa shape index (κ2) is 6.19. The van der Waals surface area contributed by atoms with Gasteiger partial charge in [0.2, 0.25) is 0 Å². The Bertz CT molecular complexity index is 425. The van der Waals surface area contributed by atoms with Gasteiger partial charge in [0.05, 0.1) is 11.6 Å². The average Bonchev–Trinajstić information content (AvgIpc) is 2.29. The predicted octanol–water partition coefficient (Wildman–Crippen LogP) is 0.211. The Hall–Kier alpha value is -3.35. The molecule has 2 N–H and O–H groups in total. The molecule has 0 radical (unpaired) electrons. The SMILES string of the molecule is N#Cc1ccc(C[C@H](N[C-]=O)C(=O)O)cc1.[Fm]. The molecule has 0 bridgehead atoms. The first-order valence-electron chi connectivity index (χ1n) is 4.52. The molecule has 94 valence electrons. The minimum absolute atomic E-state index is 0. The first-order chi connectivity index (χ1) is 7.67. The summed E-state index contributed by atoms with van der Waals surface area (Å²) in [5.41, 5.74) is 1.24. The Balaban J connectivity index is 0.00000256. The van der Waals surface area contributed by atoms with Gasteiger partial charge in [0.15, 0.2) is 0 Å². The van der Waals surface area contributed by atoms with Crippen LogP contribution in [0.25, 0.3) is 0 Å². The van der Waals surface area contributed by atoms with Crippen LogP contribution in [0.3, 0.4) is 0 Å². The molecule has 1 rings (SSSR count). The molecular weight excluding hydrogens is 465 g/mol. The van der Waals surface area contributed by atoms with Crippen LogP contribution in [-0.2, 0) is 16.0 Å². The van der Waals surface area contributed by atoms with Crippen molar-refractivity contribution < 1.29 is 14.7 Å². The molecule has 0 fully saturated rings. The second-order valence-electron chi connectivity index (χ2n) is 3.15. The van der Waals surface area contributed by atoms with E-state index < -0.39 is 12.0 Å². The summed E-state index contributed by atoms with van der Waals surface area (Å²) in [6, 6.07) is 7.47. The van der Waals surface area contributed by atoms with E-state index in [0.717, 1.165) is 5.56 Å². The van der Waals surface area contributed by atoms with Crippen LogP contribution in [0, 0.1) is 11.3 Å². The van der Waals surface area contributed by atoms with Crippen LogP contribution in [-0.4, -0.2) is 23.5 Å². The van der Waals surface area contributed by atoms with E-state index in [0.29, 0.717) is 5.56 Å². The van der Waals surface area contributed by atoms with Gasteiger partial charge in [-0.25, -0.2) is 0 Å². The normalized spacial score (nSPS) is 10.5. The number of carboxylic acid groups (broad SMARTS) is 1. The first-order valence-corrected chi connectivity index (χ1v) is 4.52. The fraction of sp³-hybridized carbons (Fsp3) is 0.182. The van der Waals surface area contributed by atoms with E-state index >= 15 is 0 Å². The molecule has 5 nitrogen and oxygen atoms in total. The van der Waals surface area contributed by atoms with Crippen LogP contribution in [0.1, 0.15) is 11.1 Å². The summed E-state index contributed by atoms with van der Waals surface area (Å²) in [4.78, 5) is 20.8. The van der Waals surface area contributed by atoms with Crippen LogP contribution in [0.2, 0.25) is 0 Å². The van der Waals surface area contributed by atoms with Crippen molar-refractivity contribution in [1.82, 2.24) is 5.32 Å². The number of amides is 1. The summed E-state index contributed by atoms with van der Waals surface area (Å²) in [5.74, 6) is -1.12. The quantitative estimate of drug-likeness (QED) is 0.472. The van der Waals surface area contributed by atoms with Crippen molar-refractivity contribution in [1.29, 1.82) is 5.26 Å². The van der Waals surface area contributed by atoms with Crippen LogP contribution in [0.4, 0.5) is 0 Å². The van der Waals surface area contributed by atoms with Crippen molar-refractivity contribution in [2.24, 2.45) is 0 Å². The summed E-state index contributed by atoms with van der Waals surface area (Å²) in [7, 11) is 0. The van der Waals surface area contributed by atoms with Gasteiger partial charge in [-0.05, 0) is 17.7 Å². The van der Waals surface area contributed by atoms with Gasteiger partial charge in [-0.15, -0.1) is 0 Å². The molecule has 0 unspecified atom stereocenters. The molecule has 0 heterocycles. The summed E-state index contributed by atoms with van der Waals surface area (Å²) in [6.07, 6.45) is 1.52. The third-order valence-electron chi connectivity index (χ3n) is 2.05. The van der Waals surface area contributed by atoms with Gasteiger partial charge in [0.1, 0.15) is 6.04 Å². The van der Waals surface area contributed by atoms with E-state index in [1.807, 2.05) is 6.07 Å². The molecule has 1 atom stereocenters. The predicted molar refractivity (Wildman–Crippen MR) is 55.1 cm³/mol.